The Kier molecular flexibility index (Phi) is 7.57. The molecule has 0 aromatic heterocycles. The van der Waals surface area contributed by atoms with Crippen molar-refractivity contribution in [1.29, 1.82) is 0 Å². The molecule has 2 aromatic carbocycles. The lowest BCUT2D eigenvalue weighted by Gasteiger charge is -2.05. The van der Waals surface area contributed by atoms with E-state index in [0.717, 1.165) is 6.07 Å². The molecule has 2 aromatic rings. The molecule has 2 rings (SSSR count). The van der Waals surface area contributed by atoms with Crippen LogP contribution in [0.1, 0.15) is 12.5 Å². The van der Waals surface area contributed by atoms with Crippen molar-refractivity contribution in [3.8, 4) is 11.5 Å². The number of nitrogens with zero attached hydrogens (tertiary/aromatic N) is 3. The Labute approximate surface area is 151 Å². The first-order valence-electron chi connectivity index (χ1n) is 7.33. The zero-order valence-corrected chi connectivity index (χ0v) is 14.0. The highest BCUT2D eigenvalue weighted by Gasteiger charge is 2.23. The molecule has 27 heavy (non-hydrogen) atoms. The summed E-state index contributed by atoms with van der Waals surface area (Å²) in [5.74, 6) is -0.901. The summed E-state index contributed by atoms with van der Waals surface area (Å²) < 4.78 is 4.96. The van der Waals surface area contributed by atoms with Crippen LogP contribution in [-0.2, 0) is 11.3 Å². The van der Waals surface area contributed by atoms with Gasteiger partial charge in [-0.2, -0.15) is 0 Å². The molecule has 0 saturated carbocycles. The minimum Gasteiger partial charge on any atom is -0.502 e. The molecule has 144 valence electrons. The molecule has 12 nitrogen and oxygen atoms in total. The van der Waals surface area contributed by atoms with Crippen molar-refractivity contribution in [2.45, 2.75) is 13.5 Å². The summed E-state index contributed by atoms with van der Waals surface area (Å²) in [5.41, 5.74) is -1.40. The van der Waals surface area contributed by atoms with E-state index in [4.69, 9.17) is 9.84 Å². The molecule has 0 aliphatic rings. The van der Waals surface area contributed by atoms with Crippen molar-refractivity contribution in [1.82, 2.24) is 0 Å². The summed E-state index contributed by atoms with van der Waals surface area (Å²) in [6.45, 7) is 1.91. The van der Waals surface area contributed by atoms with E-state index in [1.807, 2.05) is 0 Å². The number of aromatic hydroxyl groups is 2. The van der Waals surface area contributed by atoms with E-state index in [1.165, 1.54) is 24.3 Å². The molecule has 2 N–H and O–H groups in total. The summed E-state index contributed by atoms with van der Waals surface area (Å²) in [6.07, 6.45) is 0. The van der Waals surface area contributed by atoms with Crippen LogP contribution in [-0.4, -0.2) is 31.6 Å². The summed E-state index contributed by atoms with van der Waals surface area (Å²) in [5, 5.41) is 49.6. The van der Waals surface area contributed by atoms with E-state index in [9.17, 15) is 35.4 Å². The SMILES string of the molecule is CCOCc1cc([N+](=O)[O-])cc([N+](=O)[O-])c1O.O=[N+]([O-])c1ccccc1O. The predicted octanol–water partition coefficient (Wildman–Crippen LogP) is 3.05. The van der Waals surface area contributed by atoms with Crippen molar-refractivity contribution in [2.75, 3.05) is 6.61 Å². The molecule has 0 amide bonds. The number of nitro benzene ring substituents is 3. The Hall–Kier alpha value is -3.80. The zero-order chi connectivity index (χ0) is 20.6. The number of ether oxygens (including phenoxy) is 1. The minimum atomic E-state index is -0.877. The first-order chi connectivity index (χ1) is 12.7. The Balaban J connectivity index is 0.000000309. The van der Waals surface area contributed by atoms with Crippen LogP contribution in [0.3, 0.4) is 0 Å². The fourth-order valence-electron chi connectivity index (χ4n) is 1.85. The van der Waals surface area contributed by atoms with Crippen LogP contribution in [0.5, 0.6) is 11.5 Å². The number of rotatable bonds is 6. The molecule has 0 aliphatic carbocycles. The van der Waals surface area contributed by atoms with Crippen molar-refractivity contribution in [3.63, 3.8) is 0 Å². The molecule has 0 fully saturated rings. The topological polar surface area (TPSA) is 179 Å². The van der Waals surface area contributed by atoms with E-state index in [0.29, 0.717) is 12.7 Å². The first kappa shape index (κ1) is 21.2. The maximum absolute atomic E-state index is 10.6. The van der Waals surface area contributed by atoms with Gasteiger partial charge in [-0.1, -0.05) is 12.1 Å². The zero-order valence-electron chi connectivity index (χ0n) is 14.0. The predicted molar refractivity (Wildman–Crippen MR) is 91.5 cm³/mol. The maximum Gasteiger partial charge on any atom is 0.317 e. The summed E-state index contributed by atoms with van der Waals surface area (Å²) in [7, 11) is 0. The second-order valence-electron chi connectivity index (χ2n) is 4.87. The minimum absolute atomic E-state index is 0.0211. The molecule has 0 aliphatic heterocycles. The molecule has 0 atom stereocenters. The van der Waals surface area contributed by atoms with E-state index in [1.54, 1.807) is 6.92 Å². The van der Waals surface area contributed by atoms with Crippen LogP contribution in [0.2, 0.25) is 0 Å². The normalized spacial score (nSPS) is 9.81. The van der Waals surface area contributed by atoms with Gasteiger partial charge in [0.05, 0.1) is 27.4 Å². The summed E-state index contributed by atoms with van der Waals surface area (Å²) >= 11 is 0. The molecular weight excluding hydrogens is 366 g/mol. The van der Waals surface area contributed by atoms with Crippen LogP contribution in [0, 0.1) is 30.3 Å². The number of phenolic OH excluding ortho intramolecular Hbond substituents is 2. The first-order valence-corrected chi connectivity index (χ1v) is 7.33. The van der Waals surface area contributed by atoms with E-state index >= 15 is 0 Å². The van der Waals surface area contributed by atoms with Crippen molar-refractivity contribution in [2.24, 2.45) is 0 Å². The van der Waals surface area contributed by atoms with Gasteiger partial charge in [0.15, 0.2) is 11.5 Å². The molecule has 0 radical (unpaired) electrons. The van der Waals surface area contributed by atoms with Gasteiger partial charge in [-0.25, -0.2) is 0 Å². The van der Waals surface area contributed by atoms with Crippen molar-refractivity contribution >= 4 is 17.1 Å². The Morgan fingerprint density at radius 3 is 1.96 bits per heavy atom. The van der Waals surface area contributed by atoms with Crippen LogP contribution < -0.4 is 0 Å². The fraction of sp³-hybridized carbons (Fsp3) is 0.200. The Morgan fingerprint density at radius 2 is 1.52 bits per heavy atom. The second kappa shape index (κ2) is 9.62. The van der Waals surface area contributed by atoms with Gasteiger partial charge < -0.3 is 14.9 Å². The van der Waals surface area contributed by atoms with Crippen LogP contribution in [0.25, 0.3) is 0 Å². The number of hydrogen-bond donors (Lipinski definition) is 2. The lowest BCUT2D eigenvalue weighted by molar-refractivity contribution is -0.394. The third kappa shape index (κ3) is 5.89. The van der Waals surface area contributed by atoms with Crippen LogP contribution in [0.15, 0.2) is 36.4 Å². The second-order valence-corrected chi connectivity index (χ2v) is 4.87. The average Bonchev–Trinajstić information content (AvgIpc) is 2.61. The Bertz CT molecular complexity index is 854. The molecule has 0 bridgehead atoms. The van der Waals surface area contributed by atoms with Crippen molar-refractivity contribution < 1.29 is 29.7 Å². The highest BCUT2D eigenvalue weighted by molar-refractivity contribution is 5.57. The average molecular weight is 381 g/mol. The molecule has 0 heterocycles. The third-order valence-corrected chi connectivity index (χ3v) is 3.10. The van der Waals surface area contributed by atoms with Gasteiger partial charge >= 0.3 is 11.4 Å². The number of non-ortho nitro benzene ring substituents is 1. The van der Waals surface area contributed by atoms with Gasteiger partial charge in [0.25, 0.3) is 5.69 Å². The van der Waals surface area contributed by atoms with Gasteiger partial charge in [-0.3, -0.25) is 30.3 Å². The van der Waals surface area contributed by atoms with E-state index < -0.39 is 31.9 Å². The molecule has 12 heteroatoms. The maximum atomic E-state index is 10.6. The van der Waals surface area contributed by atoms with E-state index in [-0.39, 0.29) is 23.6 Å². The highest BCUT2D eigenvalue weighted by atomic mass is 16.6. The smallest absolute Gasteiger partial charge is 0.317 e. The van der Waals surface area contributed by atoms with Gasteiger partial charge in [-0.15, -0.1) is 0 Å². The number of hydrogen-bond acceptors (Lipinski definition) is 9. The van der Waals surface area contributed by atoms with Crippen molar-refractivity contribution in [3.05, 3.63) is 72.3 Å². The number of para-hydroxylation sites is 2. The number of benzene rings is 2. The lowest BCUT2D eigenvalue weighted by atomic mass is 10.1. The van der Waals surface area contributed by atoms with Crippen LogP contribution >= 0.6 is 0 Å². The van der Waals surface area contributed by atoms with Gasteiger partial charge in [0.1, 0.15) is 0 Å². The largest absolute Gasteiger partial charge is 0.502 e. The molecular formula is C15H15N3O9. The third-order valence-electron chi connectivity index (χ3n) is 3.10. The fourth-order valence-corrected chi connectivity index (χ4v) is 1.85. The van der Waals surface area contributed by atoms with Gasteiger partial charge in [0, 0.05) is 24.3 Å². The molecule has 0 unspecified atom stereocenters. The summed E-state index contributed by atoms with van der Waals surface area (Å²) in [4.78, 5) is 29.0. The lowest BCUT2D eigenvalue weighted by Crippen LogP contribution is -1.99. The number of phenols is 2. The van der Waals surface area contributed by atoms with Crippen LogP contribution in [0.4, 0.5) is 17.1 Å². The molecule has 0 spiro atoms. The Morgan fingerprint density at radius 1 is 0.926 bits per heavy atom. The van der Waals surface area contributed by atoms with Gasteiger partial charge in [-0.05, 0) is 13.0 Å². The highest BCUT2D eigenvalue weighted by Crippen LogP contribution is 2.34. The quantitative estimate of drug-likeness (QED) is 0.561. The van der Waals surface area contributed by atoms with Gasteiger partial charge in [0.2, 0.25) is 0 Å². The monoisotopic (exact) mass is 381 g/mol. The summed E-state index contributed by atoms with van der Waals surface area (Å²) in [6, 6.07) is 7.32. The molecule has 0 saturated heterocycles. The standard InChI is InChI=1S/C9H10N2O6.C6H5NO3/c1-2-17-5-6-3-7(10(13)14)4-8(9(6)12)11(15)16;8-6-4-2-1-3-5(6)7(9)10/h3-4,12H,2,5H2,1H3;1-4,8H. The number of nitro groups is 3. The van der Waals surface area contributed by atoms with E-state index in [2.05, 4.69) is 0 Å².